The SMILES string of the molecule is CCC[C@H](NC(=O)COC(=O)/C=C/c1ccc(OC(F)F)cc1)c1ccccc1. The normalized spacial score (nSPS) is 12.0. The molecular formula is C22H23F2NO4. The Bertz CT molecular complexity index is 807. The second kappa shape index (κ2) is 11.6. The van der Waals surface area contributed by atoms with Gasteiger partial charge in [-0.2, -0.15) is 8.78 Å². The van der Waals surface area contributed by atoms with Crippen LogP contribution in [0, 0.1) is 0 Å². The van der Waals surface area contributed by atoms with Gasteiger partial charge in [0.15, 0.2) is 6.61 Å². The molecule has 0 spiro atoms. The van der Waals surface area contributed by atoms with Gasteiger partial charge in [0.25, 0.3) is 5.91 Å². The van der Waals surface area contributed by atoms with Gasteiger partial charge in [0.2, 0.25) is 0 Å². The van der Waals surface area contributed by atoms with E-state index in [2.05, 4.69) is 10.1 Å². The lowest BCUT2D eigenvalue weighted by molar-refractivity contribution is -0.144. The third-order valence-corrected chi connectivity index (χ3v) is 3.98. The Kier molecular flexibility index (Phi) is 8.82. The fourth-order valence-electron chi connectivity index (χ4n) is 2.64. The monoisotopic (exact) mass is 403 g/mol. The minimum atomic E-state index is -2.89. The molecule has 0 aliphatic carbocycles. The van der Waals surface area contributed by atoms with Gasteiger partial charge in [0.05, 0.1) is 6.04 Å². The Balaban J connectivity index is 1.81. The Morgan fingerprint density at radius 2 is 1.76 bits per heavy atom. The van der Waals surface area contributed by atoms with Crippen LogP contribution in [0.25, 0.3) is 6.08 Å². The van der Waals surface area contributed by atoms with Crippen molar-refractivity contribution in [1.29, 1.82) is 0 Å². The third kappa shape index (κ3) is 8.13. The zero-order chi connectivity index (χ0) is 21.1. The molecule has 1 atom stereocenters. The van der Waals surface area contributed by atoms with Gasteiger partial charge in [-0.05, 0) is 35.8 Å². The van der Waals surface area contributed by atoms with Crippen LogP contribution in [0.5, 0.6) is 5.75 Å². The predicted molar refractivity (Wildman–Crippen MR) is 105 cm³/mol. The van der Waals surface area contributed by atoms with E-state index in [1.54, 1.807) is 0 Å². The van der Waals surface area contributed by atoms with Crippen LogP contribution in [-0.4, -0.2) is 25.1 Å². The van der Waals surface area contributed by atoms with Gasteiger partial charge in [-0.25, -0.2) is 4.79 Å². The van der Waals surface area contributed by atoms with Crippen LogP contribution in [0.1, 0.15) is 36.9 Å². The van der Waals surface area contributed by atoms with Crippen molar-refractivity contribution in [3.8, 4) is 5.75 Å². The first kappa shape index (κ1) is 22.1. The average Bonchev–Trinajstić information content (AvgIpc) is 2.71. The number of benzene rings is 2. The quantitative estimate of drug-likeness (QED) is 0.469. The number of carbonyl (C=O) groups excluding carboxylic acids is 2. The number of nitrogens with one attached hydrogen (secondary N) is 1. The maximum Gasteiger partial charge on any atom is 0.387 e. The average molecular weight is 403 g/mol. The zero-order valence-electron chi connectivity index (χ0n) is 16.0. The Hall–Kier alpha value is -3.22. The van der Waals surface area contributed by atoms with Crippen LogP contribution in [-0.2, 0) is 14.3 Å². The maximum atomic E-state index is 12.1. The van der Waals surface area contributed by atoms with Gasteiger partial charge in [0.1, 0.15) is 5.75 Å². The van der Waals surface area contributed by atoms with E-state index in [0.29, 0.717) is 5.56 Å². The molecule has 0 radical (unpaired) electrons. The lowest BCUT2D eigenvalue weighted by Crippen LogP contribution is -2.32. The number of hydrogen-bond acceptors (Lipinski definition) is 4. The highest BCUT2D eigenvalue weighted by atomic mass is 19.3. The molecule has 0 aromatic heterocycles. The largest absolute Gasteiger partial charge is 0.452 e. The van der Waals surface area contributed by atoms with E-state index in [9.17, 15) is 18.4 Å². The van der Waals surface area contributed by atoms with Gasteiger partial charge < -0.3 is 14.8 Å². The Labute approximate surface area is 168 Å². The van der Waals surface area contributed by atoms with Crippen LogP contribution in [0.15, 0.2) is 60.7 Å². The maximum absolute atomic E-state index is 12.1. The van der Waals surface area contributed by atoms with Crippen molar-refractivity contribution in [2.75, 3.05) is 6.61 Å². The molecule has 0 saturated heterocycles. The molecule has 1 N–H and O–H groups in total. The van der Waals surface area contributed by atoms with E-state index in [4.69, 9.17) is 4.74 Å². The van der Waals surface area contributed by atoms with Crippen molar-refractivity contribution >= 4 is 18.0 Å². The van der Waals surface area contributed by atoms with Crippen molar-refractivity contribution in [2.24, 2.45) is 0 Å². The minimum absolute atomic E-state index is 0.0245. The molecule has 2 aromatic rings. The van der Waals surface area contributed by atoms with E-state index in [-0.39, 0.29) is 17.7 Å². The first-order chi connectivity index (χ1) is 14.0. The summed E-state index contributed by atoms with van der Waals surface area (Å²) in [6.07, 6.45) is 4.28. The summed E-state index contributed by atoms with van der Waals surface area (Å²) in [4.78, 5) is 23.9. The molecule has 2 rings (SSSR count). The standard InChI is InChI=1S/C22H23F2NO4/c1-2-6-19(17-7-4-3-5-8-17)25-20(26)15-28-21(27)14-11-16-9-12-18(13-10-16)29-22(23)24/h3-5,7-14,19,22H,2,6,15H2,1H3,(H,25,26)/b14-11+/t19-/m0/s1. The molecule has 154 valence electrons. The number of ether oxygens (including phenoxy) is 2. The highest BCUT2D eigenvalue weighted by molar-refractivity contribution is 5.89. The molecule has 7 heteroatoms. The highest BCUT2D eigenvalue weighted by Crippen LogP contribution is 2.18. The topological polar surface area (TPSA) is 64.6 Å². The second-order valence-corrected chi connectivity index (χ2v) is 6.21. The molecule has 29 heavy (non-hydrogen) atoms. The lowest BCUT2D eigenvalue weighted by atomic mass is 10.0. The molecule has 0 unspecified atom stereocenters. The van der Waals surface area contributed by atoms with E-state index in [0.717, 1.165) is 24.5 Å². The van der Waals surface area contributed by atoms with Gasteiger partial charge in [0, 0.05) is 6.08 Å². The zero-order valence-corrected chi connectivity index (χ0v) is 16.0. The number of halogens is 2. The third-order valence-electron chi connectivity index (χ3n) is 3.98. The Morgan fingerprint density at radius 1 is 1.07 bits per heavy atom. The van der Waals surface area contributed by atoms with E-state index >= 15 is 0 Å². The summed E-state index contributed by atoms with van der Waals surface area (Å²) >= 11 is 0. The summed E-state index contributed by atoms with van der Waals surface area (Å²) in [5.41, 5.74) is 1.59. The first-order valence-electron chi connectivity index (χ1n) is 9.22. The van der Waals surface area contributed by atoms with Gasteiger partial charge in [-0.15, -0.1) is 0 Å². The molecule has 1 amide bonds. The van der Waals surface area contributed by atoms with E-state index < -0.39 is 19.2 Å². The Morgan fingerprint density at radius 3 is 2.38 bits per heavy atom. The highest BCUT2D eigenvalue weighted by Gasteiger charge is 2.14. The molecule has 0 saturated carbocycles. The number of rotatable bonds is 10. The fraction of sp³-hybridized carbons (Fsp3) is 0.273. The fourth-order valence-corrected chi connectivity index (χ4v) is 2.64. The molecule has 2 aromatic carbocycles. The second-order valence-electron chi connectivity index (χ2n) is 6.21. The smallest absolute Gasteiger partial charge is 0.387 e. The van der Waals surface area contributed by atoms with Crippen LogP contribution in [0.4, 0.5) is 8.78 Å². The van der Waals surface area contributed by atoms with E-state index in [1.807, 2.05) is 37.3 Å². The number of esters is 1. The molecule has 0 bridgehead atoms. The first-order valence-corrected chi connectivity index (χ1v) is 9.22. The van der Waals surface area contributed by atoms with E-state index in [1.165, 1.54) is 30.3 Å². The summed E-state index contributed by atoms with van der Waals surface area (Å²) in [5.74, 6) is -1.04. The summed E-state index contributed by atoms with van der Waals surface area (Å²) in [6, 6.07) is 15.2. The molecule has 0 heterocycles. The molecule has 0 aliphatic rings. The molecule has 5 nitrogen and oxygen atoms in total. The summed E-state index contributed by atoms with van der Waals surface area (Å²) in [5, 5.41) is 2.87. The molecule has 0 fully saturated rings. The van der Waals surface area contributed by atoms with Crippen LogP contribution < -0.4 is 10.1 Å². The minimum Gasteiger partial charge on any atom is -0.452 e. The summed E-state index contributed by atoms with van der Waals surface area (Å²) in [6.45, 7) is -1.26. The van der Waals surface area contributed by atoms with Crippen molar-refractivity contribution < 1.29 is 27.8 Å². The lowest BCUT2D eigenvalue weighted by Gasteiger charge is -2.18. The van der Waals surface area contributed by atoms with Crippen molar-refractivity contribution in [1.82, 2.24) is 5.32 Å². The number of carbonyl (C=O) groups is 2. The van der Waals surface area contributed by atoms with Crippen molar-refractivity contribution in [3.63, 3.8) is 0 Å². The van der Waals surface area contributed by atoms with Gasteiger partial charge in [-0.3, -0.25) is 4.79 Å². The van der Waals surface area contributed by atoms with Gasteiger partial charge >= 0.3 is 12.6 Å². The number of hydrogen-bond donors (Lipinski definition) is 1. The van der Waals surface area contributed by atoms with Gasteiger partial charge in [-0.1, -0.05) is 55.8 Å². The summed E-state index contributed by atoms with van der Waals surface area (Å²) < 4.78 is 33.4. The predicted octanol–water partition coefficient (Wildman–Crippen LogP) is 4.50. The van der Waals surface area contributed by atoms with Crippen LogP contribution in [0.3, 0.4) is 0 Å². The number of amides is 1. The molecule has 0 aliphatic heterocycles. The van der Waals surface area contributed by atoms with Crippen LogP contribution in [0.2, 0.25) is 0 Å². The van der Waals surface area contributed by atoms with Crippen molar-refractivity contribution in [2.45, 2.75) is 32.4 Å². The molecular weight excluding hydrogens is 380 g/mol. The number of alkyl halides is 2. The summed E-state index contributed by atoms with van der Waals surface area (Å²) in [7, 11) is 0. The van der Waals surface area contributed by atoms with Crippen molar-refractivity contribution in [3.05, 3.63) is 71.8 Å². The van der Waals surface area contributed by atoms with Crippen LogP contribution >= 0.6 is 0 Å².